The van der Waals surface area contributed by atoms with Gasteiger partial charge in [0.15, 0.2) is 5.69 Å². The molecule has 1 aliphatic heterocycles. The number of carbonyl (C=O) groups is 2. The van der Waals surface area contributed by atoms with Crippen LogP contribution >= 0.6 is 0 Å². The monoisotopic (exact) mass is 563 g/mol. The summed E-state index contributed by atoms with van der Waals surface area (Å²) in [6.45, 7) is 3.23. The molecule has 16 heteroatoms. The molecule has 0 saturated carbocycles. The fourth-order valence-corrected chi connectivity index (χ4v) is 3.76. The van der Waals surface area contributed by atoms with Crippen LogP contribution < -0.4 is 5.56 Å². The van der Waals surface area contributed by atoms with Crippen LogP contribution in [0.2, 0.25) is 0 Å². The van der Waals surface area contributed by atoms with Crippen LogP contribution in [-0.2, 0) is 30.4 Å². The third-order valence-corrected chi connectivity index (χ3v) is 5.99. The van der Waals surface area contributed by atoms with E-state index in [2.05, 4.69) is 20.4 Å². The van der Waals surface area contributed by atoms with Crippen LogP contribution in [0.1, 0.15) is 49.7 Å². The summed E-state index contributed by atoms with van der Waals surface area (Å²) >= 11 is 0. The van der Waals surface area contributed by atoms with Crippen LogP contribution in [0.3, 0.4) is 0 Å². The van der Waals surface area contributed by atoms with Gasteiger partial charge in [0.25, 0.3) is 11.5 Å². The van der Waals surface area contributed by atoms with Crippen molar-refractivity contribution < 1.29 is 45.4 Å². The molecule has 1 aliphatic rings. The Balaban J connectivity index is 0.000000532. The van der Waals surface area contributed by atoms with Crippen LogP contribution in [-0.4, -0.2) is 55.0 Å². The number of carboxylic acids is 1. The number of H-pyrrole nitrogens is 2. The van der Waals surface area contributed by atoms with E-state index in [1.165, 1.54) is 17.0 Å². The minimum atomic E-state index is -5.08. The third-order valence-electron chi connectivity index (χ3n) is 5.99. The molecule has 4 rings (SSSR count). The lowest BCUT2D eigenvalue weighted by Crippen LogP contribution is -2.37. The standard InChI is InChI=1S/C21H19F4N5O2.C2HF3O2/c1-10-11(2)19(31)29-27-17(10)8-12-3-4-15(22)13(7-12)20(32)30-6-5-16-14(9-30)18(28-26-16)21(23,24)25;3-2(4,5)1(6)7/h3-4,7H,5-6,8-9H2,1-2H3,(H,26,28)(H,29,31);(H,6,7). The largest absolute Gasteiger partial charge is 0.490 e. The Morgan fingerprint density at radius 2 is 1.69 bits per heavy atom. The molecule has 0 unspecified atom stereocenters. The van der Waals surface area contributed by atoms with Crippen LogP contribution in [0.4, 0.5) is 30.7 Å². The van der Waals surface area contributed by atoms with Crippen molar-refractivity contribution in [3.8, 4) is 0 Å². The Morgan fingerprint density at radius 3 is 2.28 bits per heavy atom. The van der Waals surface area contributed by atoms with Crippen molar-refractivity contribution in [3.63, 3.8) is 0 Å². The minimum absolute atomic E-state index is 0.0998. The molecule has 0 bridgehead atoms. The van der Waals surface area contributed by atoms with Gasteiger partial charge in [0.05, 0.1) is 11.3 Å². The number of aromatic amines is 2. The lowest BCUT2D eigenvalue weighted by molar-refractivity contribution is -0.192. The Labute approximate surface area is 214 Å². The summed E-state index contributed by atoms with van der Waals surface area (Å²) in [5.41, 5.74) is 0.978. The normalized spacial score (nSPS) is 13.4. The highest BCUT2D eigenvalue weighted by molar-refractivity contribution is 5.94. The molecule has 39 heavy (non-hydrogen) atoms. The number of aromatic nitrogens is 4. The van der Waals surface area contributed by atoms with Crippen LogP contribution in [0.15, 0.2) is 23.0 Å². The zero-order chi connectivity index (χ0) is 29.3. The molecule has 2 aromatic heterocycles. The first-order valence-corrected chi connectivity index (χ1v) is 11.1. The molecular formula is C23H20F7N5O4. The number of alkyl halides is 6. The number of aliphatic carboxylic acids is 1. The number of nitrogens with zero attached hydrogens (tertiary/aromatic N) is 3. The van der Waals surface area contributed by atoms with E-state index < -0.39 is 35.7 Å². The molecule has 9 nitrogen and oxygen atoms in total. The van der Waals surface area contributed by atoms with Crippen molar-refractivity contribution in [2.24, 2.45) is 0 Å². The van der Waals surface area contributed by atoms with Crippen molar-refractivity contribution in [1.82, 2.24) is 25.3 Å². The van der Waals surface area contributed by atoms with Gasteiger partial charge in [-0.3, -0.25) is 14.7 Å². The number of hydrogen-bond acceptors (Lipinski definition) is 5. The van der Waals surface area contributed by atoms with Crippen LogP contribution in [0.5, 0.6) is 0 Å². The fourth-order valence-electron chi connectivity index (χ4n) is 3.76. The smallest absolute Gasteiger partial charge is 0.475 e. The summed E-state index contributed by atoms with van der Waals surface area (Å²) in [5.74, 6) is -4.23. The quantitative estimate of drug-likeness (QED) is 0.417. The van der Waals surface area contributed by atoms with E-state index in [1.807, 2.05) is 0 Å². The summed E-state index contributed by atoms with van der Waals surface area (Å²) in [4.78, 5) is 34.7. The minimum Gasteiger partial charge on any atom is -0.475 e. The van der Waals surface area contributed by atoms with Gasteiger partial charge in [0, 0.05) is 42.8 Å². The van der Waals surface area contributed by atoms with E-state index in [9.17, 15) is 40.3 Å². The summed E-state index contributed by atoms with van der Waals surface area (Å²) in [6.07, 6.45) is -9.33. The second kappa shape index (κ2) is 10.9. The first-order valence-electron chi connectivity index (χ1n) is 11.1. The average molecular weight is 563 g/mol. The summed E-state index contributed by atoms with van der Waals surface area (Å²) in [7, 11) is 0. The first-order chi connectivity index (χ1) is 18.0. The topological polar surface area (TPSA) is 132 Å². The Bertz CT molecular complexity index is 1460. The average Bonchev–Trinajstić information content (AvgIpc) is 3.29. The summed E-state index contributed by atoms with van der Waals surface area (Å²) in [5, 5.41) is 19.3. The van der Waals surface area contributed by atoms with Gasteiger partial charge in [-0.15, -0.1) is 0 Å². The molecule has 0 saturated heterocycles. The Kier molecular flexibility index (Phi) is 8.16. The molecule has 0 spiro atoms. The van der Waals surface area contributed by atoms with E-state index in [0.717, 1.165) is 6.07 Å². The number of hydrogen-bond donors (Lipinski definition) is 3. The highest BCUT2D eigenvalue weighted by atomic mass is 19.4. The zero-order valence-corrected chi connectivity index (χ0v) is 20.2. The van der Waals surface area contributed by atoms with Crippen molar-refractivity contribution in [2.45, 2.75) is 45.6 Å². The molecule has 0 aliphatic carbocycles. The van der Waals surface area contributed by atoms with Gasteiger partial charge >= 0.3 is 18.3 Å². The summed E-state index contributed by atoms with van der Waals surface area (Å²) in [6, 6.07) is 4.01. The van der Waals surface area contributed by atoms with Gasteiger partial charge in [-0.05, 0) is 37.1 Å². The van der Waals surface area contributed by atoms with Crippen molar-refractivity contribution in [2.75, 3.05) is 6.54 Å². The maximum absolute atomic E-state index is 14.5. The number of halogens is 7. The summed E-state index contributed by atoms with van der Waals surface area (Å²) < 4.78 is 85.8. The molecule has 1 amide bonds. The van der Waals surface area contributed by atoms with E-state index in [-0.39, 0.29) is 42.6 Å². The van der Waals surface area contributed by atoms with Crippen LogP contribution in [0.25, 0.3) is 0 Å². The molecule has 0 fully saturated rings. The molecule has 3 aromatic rings. The Hall–Kier alpha value is -4.24. The molecule has 3 N–H and O–H groups in total. The molecule has 210 valence electrons. The zero-order valence-electron chi connectivity index (χ0n) is 20.2. The number of carbonyl (C=O) groups excluding carboxylic acids is 1. The second-order valence-electron chi connectivity index (χ2n) is 8.55. The van der Waals surface area contributed by atoms with E-state index in [1.54, 1.807) is 13.8 Å². The van der Waals surface area contributed by atoms with Gasteiger partial charge in [0.1, 0.15) is 5.82 Å². The maximum atomic E-state index is 14.5. The lowest BCUT2D eigenvalue weighted by Gasteiger charge is -2.27. The highest BCUT2D eigenvalue weighted by Gasteiger charge is 2.40. The van der Waals surface area contributed by atoms with Gasteiger partial charge < -0.3 is 10.0 Å². The van der Waals surface area contributed by atoms with Gasteiger partial charge in [-0.1, -0.05) is 6.07 Å². The molecule has 0 radical (unpaired) electrons. The lowest BCUT2D eigenvalue weighted by atomic mass is 10.00. The van der Waals surface area contributed by atoms with Crippen molar-refractivity contribution in [3.05, 3.63) is 79.3 Å². The fraction of sp³-hybridized carbons (Fsp3) is 0.348. The van der Waals surface area contributed by atoms with Gasteiger partial charge in [0.2, 0.25) is 0 Å². The number of fused-ring (bicyclic) bond motifs is 1. The number of amides is 1. The molecule has 0 atom stereocenters. The maximum Gasteiger partial charge on any atom is 0.490 e. The van der Waals surface area contributed by atoms with Crippen molar-refractivity contribution >= 4 is 11.9 Å². The third kappa shape index (κ3) is 6.61. The predicted molar refractivity (Wildman–Crippen MR) is 119 cm³/mol. The predicted octanol–water partition coefficient (Wildman–Crippen LogP) is 3.69. The molecule has 1 aromatic carbocycles. The number of nitrogens with one attached hydrogen (secondary N) is 2. The van der Waals surface area contributed by atoms with Crippen LogP contribution in [0, 0.1) is 19.7 Å². The van der Waals surface area contributed by atoms with E-state index >= 15 is 0 Å². The Morgan fingerprint density at radius 1 is 1.05 bits per heavy atom. The van der Waals surface area contributed by atoms with E-state index in [4.69, 9.17) is 9.90 Å². The second-order valence-corrected chi connectivity index (χ2v) is 8.55. The SMILES string of the molecule is Cc1c(Cc2ccc(F)c(C(=O)N3CCc4[nH]nc(C(F)(F)F)c4C3)c2)n[nH]c(=O)c1C.O=C(O)C(F)(F)F. The van der Waals surface area contributed by atoms with E-state index in [0.29, 0.717) is 28.1 Å². The number of benzene rings is 1. The highest BCUT2D eigenvalue weighted by Crippen LogP contribution is 2.34. The van der Waals surface area contributed by atoms with Gasteiger partial charge in [-0.25, -0.2) is 14.3 Å². The number of carboxylic acid groups (broad SMARTS) is 1. The van der Waals surface area contributed by atoms with Crippen molar-refractivity contribution in [1.29, 1.82) is 0 Å². The molecular weight excluding hydrogens is 543 g/mol. The molecule has 3 heterocycles. The first kappa shape index (κ1) is 29.3. The number of rotatable bonds is 3. The van der Waals surface area contributed by atoms with Gasteiger partial charge in [-0.2, -0.15) is 36.5 Å².